The van der Waals surface area contributed by atoms with Crippen molar-refractivity contribution in [3.8, 4) is 0 Å². The van der Waals surface area contributed by atoms with E-state index in [1.54, 1.807) is 11.1 Å². The van der Waals surface area contributed by atoms with E-state index in [-0.39, 0.29) is 6.71 Å². The molecule has 0 unspecified atom stereocenters. The molecule has 4 aliphatic carbocycles. The van der Waals surface area contributed by atoms with Crippen LogP contribution in [0.4, 0.5) is 34.1 Å². The van der Waals surface area contributed by atoms with Crippen molar-refractivity contribution in [3.05, 3.63) is 125 Å². The average molecular weight is 749 g/mol. The van der Waals surface area contributed by atoms with E-state index < -0.39 is 0 Å². The van der Waals surface area contributed by atoms with Crippen LogP contribution in [0.25, 0.3) is 0 Å². The summed E-state index contributed by atoms with van der Waals surface area (Å²) >= 11 is 0. The second kappa shape index (κ2) is 15.5. The standard InChI is InChI=1S/C54H61BN2/c1-5-14-38(15-6-1)42-24-30-46(31-25-42)56-50-34-28-44(40-18-9-3-10-19-40)36-48(50)55-49-37-45(41-20-11-4-12-21-41)29-35-51(49)57(53-23-13-22-52(56)54(53)55)47-32-26-43(27-33-47)39-16-7-2-8-17-39/h13,22-41H,1-12,14-21H2. The first-order valence-electron chi connectivity index (χ1n) is 23.5. The number of hydrogen-bond donors (Lipinski definition) is 0. The molecule has 5 aromatic rings. The van der Waals surface area contributed by atoms with Crippen molar-refractivity contribution in [2.75, 3.05) is 9.80 Å². The van der Waals surface area contributed by atoms with E-state index in [1.165, 1.54) is 190 Å². The molecule has 57 heavy (non-hydrogen) atoms. The minimum atomic E-state index is 0.198. The number of benzene rings is 5. The van der Waals surface area contributed by atoms with Gasteiger partial charge in [-0.2, -0.15) is 0 Å². The van der Waals surface area contributed by atoms with Gasteiger partial charge in [0.05, 0.1) is 0 Å². The Kier molecular flexibility index (Phi) is 9.76. The van der Waals surface area contributed by atoms with Crippen molar-refractivity contribution < 1.29 is 0 Å². The predicted octanol–water partition coefficient (Wildman–Crippen LogP) is 14.0. The van der Waals surface area contributed by atoms with E-state index >= 15 is 0 Å². The topological polar surface area (TPSA) is 6.48 Å². The third-order valence-corrected chi connectivity index (χ3v) is 15.6. The fourth-order valence-electron chi connectivity index (χ4n) is 12.6. The molecule has 3 heteroatoms. The van der Waals surface area contributed by atoms with Gasteiger partial charge < -0.3 is 9.80 Å². The lowest BCUT2D eigenvalue weighted by Crippen LogP contribution is -2.61. The average Bonchev–Trinajstić information content (AvgIpc) is 3.30. The molecule has 0 spiro atoms. The minimum absolute atomic E-state index is 0.198. The van der Waals surface area contributed by atoms with Crippen molar-refractivity contribution in [3.63, 3.8) is 0 Å². The molecule has 5 aromatic carbocycles. The molecule has 0 radical (unpaired) electrons. The van der Waals surface area contributed by atoms with Crippen LogP contribution in [0.3, 0.4) is 0 Å². The molecule has 2 aliphatic heterocycles. The number of rotatable bonds is 6. The summed E-state index contributed by atoms with van der Waals surface area (Å²) < 4.78 is 0. The van der Waals surface area contributed by atoms with E-state index in [1.807, 2.05) is 0 Å². The van der Waals surface area contributed by atoms with Crippen LogP contribution in [-0.2, 0) is 0 Å². The molecule has 0 aromatic heterocycles. The zero-order valence-corrected chi connectivity index (χ0v) is 34.2. The molecule has 0 saturated heterocycles. The zero-order valence-electron chi connectivity index (χ0n) is 34.2. The maximum absolute atomic E-state index is 2.69. The first kappa shape index (κ1) is 35.9. The van der Waals surface area contributed by atoms with Crippen molar-refractivity contribution in [1.29, 1.82) is 0 Å². The Hall–Kier alpha value is -4.24. The van der Waals surface area contributed by atoms with Crippen LogP contribution in [-0.4, -0.2) is 6.71 Å². The van der Waals surface area contributed by atoms with Gasteiger partial charge in [0.25, 0.3) is 6.71 Å². The van der Waals surface area contributed by atoms with E-state index in [2.05, 4.69) is 113 Å². The molecule has 290 valence electrons. The zero-order chi connectivity index (χ0) is 37.7. The van der Waals surface area contributed by atoms with Crippen molar-refractivity contribution in [1.82, 2.24) is 0 Å². The first-order valence-corrected chi connectivity index (χ1v) is 23.5. The van der Waals surface area contributed by atoms with E-state index in [4.69, 9.17) is 0 Å². The van der Waals surface area contributed by atoms with Crippen LogP contribution in [0.15, 0.2) is 103 Å². The quantitative estimate of drug-likeness (QED) is 0.156. The molecule has 4 fully saturated rings. The highest BCUT2D eigenvalue weighted by Crippen LogP contribution is 2.46. The van der Waals surface area contributed by atoms with Crippen LogP contribution in [0.5, 0.6) is 0 Å². The Balaban J connectivity index is 1.09. The van der Waals surface area contributed by atoms with Crippen LogP contribution >= 0.6 is 0 Å². The summed E-state index contributed by atoms with van der Waals surface area (Å²) in [6.07, 6.45) is 27.1. The third kappa shape index (κ3) is 6.56. The molecule has 0 atom stereocenters. The van der Waals surface area contributed by atoms with Crippen molar-refractivity contribution in [2.24, 2.45) is 0 Å². The third-order valence-electron chi connectivity index (χ3n) is 15.6. The summed E-state index contributed by atoms with van der Waals surface area (Å²) in [5.74, 6) is 2.75. The highest BCUT2D eigenvalue weighted by atomic mass is 15.2. The Morgan fingerprint density at radius 2 is 0.667 bits per heavy atom. The lowest BCUT2D eigenvalue weighted by molar-refractivity contribution is 0.443. The largest absolute Gasteiger partial charge is 0.311 e. The van der Waals surface area contributed by atoms with Crippen molar-refractivity contribution in [2.45, 2.75) is 152 Å². The molecule has 2 heterocycles. The summed E-state index contributed by atoms with van der Waals surface area (Å²) in [5, 5.41) is 0. The predicted molar refractivity (Wildman–Crippen MR) is 244 cm³/mol. The molecule has 2 nitrogen and oxygen atoms in total. The maximum atomic E-state index is 2.69. The second-order valence-electron chi connectivity index (χ2n) is 19.0. The highest BCUT2D eigenvalue weighted by Gasteiger charge is 2.44. The SMILES string of the molecule is c1cc2c3c(c1)N(c1ccc(C4CCCCC4)cc1)c1ccc(C4CCCCC4)cc1B3c1cc(C3CCCCC3)ccc1N2c1ccc(C2CCCCC2)cc1. The van der Waals surface area contributed by atoms with Gasteiger partial charge in [-0.3, -0.25) is 0 Å². The van der Waals surface area contributed by atoms with Gasteiger partial charge in [0.15, 0.2) is 0 Å². The Bertz CT molecular complexity index is 2040. The van der Waals surface area contributed by atoms with Gasteiger partial charge >= 0.3 is 0 Å². The first-order chi connectivity index (χ1) is 28.3. The summed E-state index contributed by atoms with van der Waals surface area (Å²) in [6.45, 7) is 0.198. The summed E-state index contributed by atoms with van der Waals surface area (Å²) in [7, 11) is 0. The van der Waals surface area contributed by atoms with E-state index in [9.17, 15) is 0 Å². The van der Waals surface area contributed by atoms with Gasteiger partial charge in [-0.25, -0.2) is 0 Å². The summed E-state index contributed by atoms with van der Waals surface area (Å²) in [5.41, 5.74) is 18.7. The fraction of sp³-hybridized carbons (Fsp3) is 0.444. The van der Waals surface area contributed by atoms with Crippen molar-refractivity contribution >= 4 is 57.2 Å². The van der Waals surface area contributed by atoms with Gasteiger partial charge in [-0.1, -0.05) is 132 Å². The van der Waals surface area contributed by atoms with Gasteiger partial charge in [0.2, 0.25) is 0 Å². The molecule has 6 aliphatic rings. The number of hydrogen-bond acceptors (Lipinski definition) is 2. The molecule has 4 saturated carbocycles. The minimum Gasteiger partial charge on any atom is -0.311 e. The van der Waals surface area contributed by atoms with Crippen LogP contribution in [0.2, 0.25) is 0 Å². The van der Waals surface area contributed by atoms with Gasteiger partial charge in [-0.15, -0.1) is 0 Å². The number of nitrogens with zero attached hydrogens (tertiary/aromatic N) is 2. The highest BCUT2D eigenvalue weighted by molar-refractivity contribution is 7.00. The smallest absolute Gasteiger partial charge is 0.252 e. The van der Waals surface area contributed by atoms with Gasteiger partial charge in [0.1, 0.15) is 0 Å². The number of anilines is 6. The van der Waals surface area contributed by atoms with E-state index in [0.717, 1.165) is 0 Å². The summed E-state index contributed by atoms with van der Waals surface area (Å²) in [4.78, 5) is 5.28. The molecular formula is C54H61BN2. The van der Waals surface area contributed by atoms with Crippen LogP contribution in [0.1, 0.15) is 174 Å². The monoisotopic (exact) mass is 748 g/mol. The van der Waals surface area contributed by atoms with Gasteiger partial charge in [-0.05, 0) is 162 Å². The van der Waals surface area contributed by atoms with E-state index in [0.29, 0.717) is 23.7 Å². The van der Waals surface area contributed by atoms with Crippen LogP contribution < -0.4 is 26.2 Å². The lowest BCUT2D eigenvalue weighted by atomic mass is 9.33. The lowest BCUT2D eigenvalue weighted by Gasteiger charge is -2.44. The molecule has 11 rings (SSSR count). The summed E-state index contributed by atoms with van der Waals surface area (Å²) in [6, 6.07) is 42.3. The number of fused-ring (bicyclic) bond motifs is 4. The Labute approximate surface area is 343 Å². The Morgan fingerprint density at radius 1 is 0.333 bits per heavy atom. The second-order valence-corrected chi connectivity index (χ2v) is 19.0. The van der Waals surface area contributed by atoms with Crippen LogP contribution in [0, 0.1) is 0 Å². The molecular weight excluding hydrogens is 687 g/mol. The molecule has 0 N–H and O–H groups in total. The maximum Gasteiger partial charge on any atom is 0.252 e. The fourth-order valence-corrected chi connectivity index (χ4v) is 12.6. The normalized spacial score (nSPS) is 20.6. The molecule has 0 amide bonds. The van der Waals surface area contributed by atoms with Gasteiger partial charge in [0, 0.05) is 34.1 Å². The Morgan fingerprint density at radius 3 is 1.04 bits per heavy atom. The molecule has 0 bridgehead atoms.